The van der Waals surface area contributed by atoms with Gasteiger partial charge in [-0.05, 0) is 26.9 Å². The number of anilines is 1. The zero-order valence-corrected chi connectivity index (χ0v) is 11.1. The molecule has 2 aromatic heterocycles. The minimum absolute atomic E-state index is 0.379. The Balaban J connectivity index is 1.93. The molecule has 3 aromatic rings. The summed E-state index contributed by atoms with van der Waals surface area (Å²) in [6.45, 7) is 0.556. The average molecular weight is 286 g/mol. The van der Waals surface area contributed by atoms with Crippen LogP contribution < -0.4 is 5.32 Å². The number of rotatable bonds is 4. The second-order valence-electron chi connectivity index (χ2n) is 4.11. The monoisotopic (exact) mass is 286 g/mol. The third-order valence-corrected chi connectivity index (χ3v) is 3.59. The molecule has 0 saturated carbocycles. The summed E-state index contributed by atoms with van der Waals surface area (Å²) in [4.78, 5) is 18.8. The lowest BCUT2D eigenvalue weighted by molar-refractivity contribution is -0.394. The van der Waals surface area contributed by atoms with Gasteiger partial charge in [0.25, 0.3) is 0 Å². The Bertz CT molecular complexity index is 757. The van der Waals surface area contributed by atoms with Gasteiger partial charge in [-0.25, -0.2) is 0 Å². The van der Waals surface area contributed by atoms with Gasteiger partial charge < -0.3 is 15.4 Å². The van der Waals surface area contributed by atoms with Gasteiger partial charge in [-0.1, -0.05) is 35.3 Å². The van der Waals surface area contributed by atoms with Crippen molar-refractivity contribution in [2.45, 2.75) is 6.54 Å². The highest BCUT2D eigenvalue weighted by Crippen LogP contribution is 2.27. The SMILES string of the molecule is O=[N+]([O-])c1nc(NCc2ccccc2)c2ccsc2n1. The van der Waals surface area contributed by atoms with Crippen molar-refractivity contribution in [1.29, 1.82) is 0 Å². The first-order chi connectivity index (χ1) is 9.74. The Morgan fingerprint density at radius 2 is 2.00 bits per heavy atom. The highest BCUT2D eigenvalue weighted by Gasteiger charge is 2.18. The molecule has 0 aliphatic carbocycles. The van der Waals surface area contributed by atoms with Crippen molar-refractivity contribution in [3.05, 3.63) is 57.5 Å². The number of nitrogens with one attached hydrogen (secondary N) is 1. The molecule has 2 heterocycles. The van der Waals surface area contributed by atoms with Crippen molar-refractivity contribution in [3.8, 4) is 0 Å². The molecule has 7 heteroatoms. The predicted octanol–water partition coefficient (Wildman–Crippen LogP) is 3.21. The fourth-order valence-corrected chi connectivity index (χ4v) is 2.60. The first-order valence-corrected chi connectivity index (χ1v) is 6.79. The summed E-state index contributed by atoms with van der Waals surface area (Å²) >= 11 is 1.36. The molecular weight excluding hydrogens is 276 g/mol. The smallest absolute Gasteiger partial charge is 0.390 e. The molecule has 0 saturated heterocycles. The third-order valence-electron chi connectivity index (χ3n) is 2.78. The zero-order valence-electron chi connectivity index (χ0n) is 10.3. The number of nitrogens with zero attached hydrogens (tertiary/aromatic N) is 3. The van der Waals surface area contributed by atoms with Crippen molar-refractivity contribution >= 4 is 33.3 Å². The molecule has 3 rings (SSSR count). The van der Waals surface area contributed by atoms with E-state index < -0.39 is 4.92 Å². The molecule has 0 unspecified atom stereocenters. The molecule has 1 aromatic carbocycles. The molecule has 6 nitrogen and oxygen atoms in total. The molecule has 0 atom stereocenters. The molecule has 0 amide bonds. The number of aromatic nitrogens is 2. The van der Waals surface area contributed by atoms with Crippen LogP contribution in [0.1, 0.15) is 5.56 Å². The number of thiophene rings is 1. The average Bonchev–Trinajstić information content (AvgIpc) is 2.94. The molecule has 0 bridgehead atoms. The van der Waals surface area contributed by atoms with Gasteiger partial charge >= 0.3 is 5.95 Å². The standard InChI is InChI=1S/C13H10N4O2S/c18-17(19)13-15-11(10-6-7-20-12(10)16-13)14-8-9-4-2-1-3-5-9/h1-7H,8H2,(H,14,15,16). The van der Waals surface area contributed by atoms with Crippen LogP contribution >= 0.6 is 11.3 Å². The van der Waals surface area contributed by atoms with E-state index in [0.29, 0.717) is 17.2 Å². The summed E-state index contributed by atoms with van der Waals surface area (Å²) in [5.74, 6) is 0.113. The molecule has 0 aliphatic heterocycles. The molecule has 0 fully saturated rings. The van der Waals surface area contributed by atoms with Crippen LogP contribution in [0.25, 0.3) is 10.2 Å². The molecule has 0 aliphatic rings. The highest BCUT2D eigenvalue weighted by atomic mass is 32.1. The van der Waals surface area contributed by atoms with Gasteiger partial charge in [-0.15, -0.1) is 11.3 Å². The van der Waals surface area contributed by atoms with Crippen molar-refractivity contribution in [1.82, 2.24) is 9.97 Å². The first kappa shape index (κ1) is 12.5. The van der Waals surface area contributed by atoms with Crippen LogP contribution in [0, 0.1) is 10.1 Å². The Kier molecular flexibility index (Phi) is 3.26. The second kappa shape index (κ2) is 5.22. The minimum Gasteiger partial charge on any atom is -0.390 e. The number of benzene rings is 1. The summed E-state index contributed by atoms with van der Waals surface area (Å²) in [6.07, 6.45) is 0. The molecular formula is C13H10N4O2S. The van der Waals surface area contributed by atoms with Gasteiger partial charge in [0.1, 0.15) is 0 Å². The Morgan fingerprint density at radius 1 is 1.20 bits per heavy atom. The summed E-state index contributed by atoms with van der Waals surface area (Å²) in [5, 5.41) is 16.6. The van der Waals surface area contributed by atoms with Gasteiger partial charge in [0.2, 0.25) is 10.6 Å². The lowest BCUT2D eigenvalue weighted by Crippen LogP contribution is -2.04. The Labute approximate surface area is 118 Å². The van der Waals surface area contributed by atoms with Crippen LogP contribution in [0.15, 0.2) is 41.8 Å². The highest BCUT2D eigenvalue weighted by molar-refractivity contribution is 7.16. The van der Waals surface area contributed by atoms with Gasteiger partial charge in [0, 0.05) is 6.54 Å². The Hall–Kier alpha value is -2.54. The third kappa shape index (κ3) is 2.43. The van der Waals surface area contributed by atoms with Crippen molar-refractivity contribution in [2.75, 3.05) is 5.32 Å². The first-order valence-electron chi connectivity index (χ1n) is 5.91. The van der Waals surface area contributed by atoms with E-state index in [0.717, 1.165) is 10.9 Å². The van der Waals surface area contributed by atoms with E-state index in [1.54, 1.807) is 0 Å². The maximum atomic E-state index is 10.9. The number of hydrogen-bond acceptors (Lipinski definition) is 6. The summed E-state index contributed by atoms with van der Waals surface area (Å²) < 4.78 is 0. The minimum atomic E-state index is -0.577. The van der Waals surface area contributed by atoms with Gasteiger partial charge in [0.05, 0.1) is 5.39 Å². The van der Waals surface area contributed by atoms with E-state index in [1.807, 2.05) is 41.8 Å². The fourth-order valence-electron chi connectivity index (χ4n) is 1.84. The van der Waals surface area contributed by atoms with E-state index in [-0.39, 0.29) is 5.95 Å². The van der Waals surface area contributed by atoms with Gasteiger partial charge in [-0.2, -0.15) is 0 Å². The predicted molar refractivity (Wildman–Crippen MR) is 77.8 cm³/mol. The van der Waals surface area contributed by atoms with Crippen LogP contribution in [0.5, 0.6) is 0 Å². The van der Waals surface area contributed by atoms with Crippen LogP contribution in [-0.2, 0) is 6.54 Å². The van der Waals surface area contributed by atoms with Crippen molar-refractivity contribution in [2.24, 2.45) is 0 Å². The normalized spacial score (nSPS) is 10.6. The van der Waals surface area contributed by atoms with Crippen molar-refractivity contribution < 1.29 is 4.92 Å². The van der Waals surface area contributed by atoms with Crippen LogP contribution in [0.3, 0.4) is 0 Å². The number of hydrogen-bond donors (Lipinski definition) is 1. The van der Waals surface area contributed by atoms with Crippen LogP contribution in [0.2, 0.25) is 0 Å². The largest absolute Gasteiger partial charge is 0.472 e. The topological polar surface area (TPSA) is 81.0 Å². The van der Waals surface area contributed by atoms with E-state index in [9.17, 15) is 10.1 Å². The number of fused-ring (bicyclic) bond motifs is 1. The van der Waals surface area contributed by atoms with E-state index in [2.05, 4.69) is 15.3 Å². The van der Waals surface area contributed by atoms with Gasteiger partial charge in [0.15, 0.2) is 0 Å². The molecule has 1 N–H and O–H groups in total. The molecule has 0 spiro atoms. The summed E-state index contributed by atoms with van der Waals surface area (Å²) in [5.41, 5.74) is 1.08. The van der Waals surface area contributed by atoms with E-state index >= 15 is 0 Å². The van der Waals surface area contributed by atoms with E-state index in [1.165, 1.54) is 11.3 Å². The van der Waals surface area contributed by atoms with Crippen LogP contribution in [-0.4, -0.2) is 14.9 Å². The summed E-state index contributed by atoms with van der Waals surface area (Å²) in [7, 11) is 0. The fraction of sp³-hybridized carbons (Fsp3) is 0.0769. The zero-order chi connectivity index (χ0) is 13.9. The molecule has 20 heavy (non-hydrogen) atoms. The maximum Gasteiger partial charge on any atom is 0.472 e. The van der Waals surface area contributed by atoms with E-state index in [4.69, 9.17) is 0 Å². The lowest BCUT2D eigenvalue weighted by Gasteiger charge is -2.04. The lowest BCUT2D eigenvalue weighted by atomic mass is 10.2. The quantitative estimate of drug-likeness (QED) is 0.588. The van der Waals surface area contributed by atoms with Crippen molar-refractivity contribution in [3.63, 3.8) is 0 Å². The van der Waals surface area contributed by atoms with Gasteiger partial charge in [-0.3, -0.25) is 0 Å². The summed E-state index contributed by atoms with van der Waals surface area (Å²) in [6, 6.07) is 11.6. The second-order valence-corrected chi connectivity index (χ2v) is 5.00. The maximum absolute atomic E-state index is 10.9. The molecule has 100 valence electrons. The Morgan fingerprint density at radius 3 is 2.75 bits per heavy atom. The number of nitro groups is 1. The van der Waals surface area contributed by atoms with Crippen LogP contribution in [0.4, 0.5) is 11.8 Å². The molecule has 0 radical (unpaired) electrons.